The Morgan fingerprint density at radius 2 is 1.62 bits per heavy atom. The molecule has 1 unspecified atom stereocenters. The van der Waals surface area contributed by atoms with Crippen molar-refractivity contribution in [3.05, 3.63) is 0 Å². The number of hydrogen-bond donors (Lipinski definition) is 9. The molecule has 1 aliphatic rings. The van der Waals surface area contributed by atoms with Crippen molar-refractivity contribution in [2.45, 2.75) is 48.0 Å². The highest BCUT2D eigenvalue weighted by atomic mass is 32.3. The van der Waals surface area contributed by atoms with Gasteiger partial charge in [0, 0.05) is 10.9 Å². The molecular formula is C12H25O12S2+. The Bertz CT molecular complexity index is 530. The first-order valence-electron chi connectivity index (χ1n) is 7.55. The lowest BCUT2D eigenvalue weighted by Crippen LogP contribution is -2.53. The van der Waals surface area contributed by atoms with Crippen LogP contribution in [0.5, 0.6) is 0 Å². The van der Waals surface area contributed by atoms with Crippen molar-refractivity contribution in [2.75, 3.05) is 24.7 Å². The summed E-state index contributed by atoms with van der Waals surface area (Å²) in [6, 6.07) is 0. The molecule has 0 amide bonds. The van der Waals surface area contributed by atoms with Crippen LogP contribution in [0.1, 0.15) is 0 Å². The Labute approximate surface area is 152 Å². The molecule has 0 aromatic rings. The van der Waals surface area contributed by atoms with Gasteiger partial charge in [-0.15, -0.1) is 0 Å². The highest BCUT2D eigenvalue weighted by Crippen LogP contribution is 2.26. The lowest BCUT2D eigenvalue weighted by Gasteiger charge is -2.30. The van der Waals surface area contributed by atoms with E-state index in [-0.39, 0.29) is 11.5 Å². The summed E-state index contributed by atoms with van der Waals surface area (Å²) in [4.78, 5) is 0. The predicted octanol–water partition coefficient (Wildman–Crippen LogP) is -5.68. The zero-order valence-electron chi connectivity index (χ0n) is 13.5. The number of hydrogen-bond acceptors (Lipinski definition) is 11. The fourth-order valence-electron chi connectivity index (χ4n) is 2.62. The average Bonchev–Trinajstić information content (AvgIpc) is 2.82. The molecule has 0 bridgehead atoms. The van der Waals surface area contributed by atoms with Gasteiger partial charge in [-0.2, -0.15) is 8.42 Å². The summed E-state index contributed by atoms with van der Waals surface area (Å²) in [5, 5.41) is 76.0. The van der Waals surface area contributed by atoms with Crippen molar-refractivity contribution in [1.29, 1.82) is 0 Å². The smallest absolute Gasteiger partial charge is 0.394 e. The number of rotatable bonds is 10. The molecule has 9 N–H and O–H groups in total. The highest BCUT2D eigenvalue weighted by Gasteiger charge is 2.52. The zero-order valence-corrected chi connectivity index (χ0v) is 15.1. The van der Waals surface area contributed by atoms with E-state index in [1.165, 1.54) is 0 Å². The second-order valence-electron chi connectivity index (χ2n) is 5.94. The summed E-state index contributed by atoms with van der Waals surface area (Å²) in [6.45, 7) is -1.51. The van der Waals surface area contributed by atoms with Gasteiger partial charge in [0.2, 0.25) is 0 Å². The van der Waals surface area contributed by atoms with Crippen LogP contribution in [-0.4, -0.2) is 127 Å². The van der Waals surface area contributed by atoms with Gasteiger partial charge in [0.15, 0.2) is 5.25 Å². The molecule has 0 spiro atoms. The minimum absolute atomic E-state index is 0.0139. The molecule has 26 heavy (non-hydrogen) atoms. The largest absolute Gasteiger partial charge is 0.397 e. The molecule has 14 heteroatoms. The Hall–Kier alpha value is -0.100. The monoisotopic (exact) mass is 425 g/mol. The van der Waals surface area contributed by atoms with Gasteiger partial charge in [-0.25, -0.2) is 4.18 Å². The summed E-state index contributed by atoms with van der Waals surface area (Å²) in [5.41, 5.74) is 0. The molecule has 1 rings (SSSR count). The second-order valence-corrected chi connectivity index (χ2v) is 9.33. The van der Waals surface area contributed by atoms with E-state index >= 15 is 0 Å². The molecule has 0 aromatic carbocycles. The van der Waals surface area contributed by atoms with Crippen LogP contribution in [0.15, 0.2) is 0 Å². The normalized spacial score (nSPS) is 32.8. The minimum atomic E-state index is -5.17. The van der Waals surface area contributed by atoms with Gasteiger partial charge in [-0.05, 0) is 0 Å². The summed E-state index contributed by atoms with van der Waals surface area (Å²) >= 11 is 0. The molecule has 0 aliphatic carbocycles. The first-order chi connectivity index (χ1) is 11.9. The predicted molar refractivity (Wildman–Crippen MR) is 87.5 cm³/mol. The molecule has 1 heterocycles. The Balaban J connectivity index is 2.95. The van der Waals surface area contributed by atoms with Crippen LogP contribution in [0.3, 0.4) is 0 Å². The van der Waals surface area contributed by atoms with E-state index < -0.39 is 82.5 Å². The van der Waals surface area contributed by atoms with E-state index in [1.54, 1.807) is 0 Å². The third-order valence-electron chi connectivity index (χ3n) is 4.03. The SMILES string of the molecule is O=S(=O)(O)O[C@H]([C@@H](O)[C@@H](O)[C@@H](O)CO)[C@H](O)C[S+]1C[C@@H](O)[C@H](O)[C@H]1CO. The van der Waals surface area contributed by atoms with E-state index in [0.717, 1.165) is 0 Å². The molecule has 156 valence electrons. The van der Waals surface area contributed by atoms with Crippen LogP contribution >= 0.6 is 0 Å². The summed E-state index contributed by atoms with van der Waals surface area (Å²) in [5.74, 6) is -0.363. The van der Waals surface area contributed by atoms with E-state index in [2.05, 4.69) is 4.18 Å². The van der Waals surface area contributed by atoms with Crippen LogP contribution in [0, 0.1) is 0 Å². The zero-order chi connectivity index (χ0) is 20.2. The molecule has 0 saturated carbocycles. The van der Waals surface area contributed by atoms with E-state index in [9.17, 15) is 44.2 Å². The fraction of sp³-hybridized carbons (Fsp3) is 1.00. The molecule has 0 radical (unpaired) electrons. The van der Waals surface area contributed by atoms with Crippen molar-refractivity contribution in [3.63, 3.8) is 0 Å². The summed E-state index contributed by atoms with van der Waals surface area (Å²) in [7, 11) is -6.18. The molecule has 1 fully saturated rings. The number of aliphatic hydroxyl groups excluding tert-OH is 8. The molecule has 0 aromatic heterocycles. The minimum Gasteiger partial charge on any atom is -0.394 e. The lowest BCUT2D eigenvalue weighted by molar-refractivity contribution is -0.129. The third-order valence-corrected chi connectivity index (χ3v) is 7.32. The van der Waals surface area contributed by atoms with Crippen molar-refractivity contribution >= 4 is 21.3 Å². The Morgan fingerprint density at radius 3 is 2.08 bits per heavy atom. The van der Waals surface area contributed by atoms with Crippen LogP contribution in [-0.2, 0) is 25.5 Å². The van der Waals surface area contributed by atoms with E-state index in [1.807, 2.05) is 0 Å². The van der Waals surface area contributed by atoms with Crippen molar-refractivity contribution in [2.24, 2.45) is 0 Å². The van der Waals surface area contributed by atoms with Gasteiger partial charge >= 0.3 is 10.4 Å². The van der Waals surface area contributed by atoms with Crippen LogP contribution in [0.25, 0.3) is 0 Å². The lowest BCUT2D eigenvalue weighted by atomic mass is 10.0. The van der Waals surface area contributed by atoms with E-state index in [0.29, 0.717) is 0 Å². The Kier molecular flexibility index (Phi) is 9.12. The number of aliphatic hydroxyl groups is 8. The van der Waals surface area contributed by atoms with Crippen molar-refractivity contribution in [1.82, 2.24) is 0 Å². The maximum absolute atomic E-state index is 11.0. The molecule has 9 atom stereocenters. The van der Waals surface area contributed by atoms with Gasteiger partial charge in [0.05, 0.1) is 13.2 Å². The summed E-state index contributed by atoms with van der Waals surface area (Å²) < 4.78 is 35.0. The van der Waals surface area contributed by atoms with Crippen LogP contribution in [0.2, 0.25) is 0 Å². The van der Waals surface area contributed by atoms with Crippen molar-refractivity contribution in [3.8, 4) is 0 Å². The highest BCUT2D eigenvalue weighted by molar-refractivity contribution is 7.97. The summed E-state index contributed by atoms with van der Waals surface area (Å²) in [6.07, 6.45) is -12.6. The molecule has 1 saturated heterocycles. The first-order valence-corrected chi connectivity index (χ1v) is 10.5. The standard InChI is InChI=1S/C12H24O12S2/c13-1-5(15)10(19)11(20)12(24-26(21,22)23)7(17)4-25-3-6(16)9(18)8(25)2-14/h5-20H,1-4H2/p+1/t5-,6+,7+,8+,9-,10-,11-,12-,25?/m0/s1. The molecule has 1 aliphatic heterocycles. The maximum Gasteiger partial charge on any atom is 0.397 e. The topological polar surface area (TPSA) is 225 Å². The molecular weight excluding hydrogens is 400 g/mol. The fourth-order valence-corrected chi connectivity index (χ4v) is 5.83. The van der Waals surface area contributed by atoms with Gasteiger partial charge < -0.3 is 40.9 Å². The quantitative estimate of drug-likeness (QED) is 0.118. The van der Waals surface area contributed by atoms with Gasteiger partial charge in [0.25, 0.3) is 0 Å². The van der Waals surface area contributed by atoms with Gasteiger partial charge in [-0.1, -0.05) is 0 Å². The van der Waals surface area contributed by atoms with Crippen LogP contribution < -0.4 is 0 Å². The average molecular weight is 425 g/mol. The maximum atomic E-state index is 11.0. The van der Waals surface area contributed by atoms with Crippen LogP contribution in [0.4, 0.5) is 0 Å². The van der Waals surface area contributed by atoms with Crippen molar-refractivity contribution < 1.29 is 58.0 Å². The van der Waals surface area contributed by atoms with Gasteiger partial charge in [0.1, 0.15) is 54.2 Å². The third kappa shape index (κ3) is 6.22. The molecule has 12 nitrogen and oxygen atoms in total. The second kappa shape index (κ2) is 9.90. The van der Waals surface area contributed by atoms with E-state index in [4.69, 9.17) is 9.66 Å². The Morgan fingerprint density at radius 1 is 1.04 bits per heavy atom. The van der Waals surface area contributed by atoms with Gasteiger partial charge in [-0.3, -0.25) is 4.55 Å². The first kappa shape index (κ1) is 23.9.